The SMILES string of the molecule is CCN1Cc2ccc(C(=O)O)cc2C1=O. The van der Waals surface area contributed by atoms with E-state index >= 15 is 0 Å². The molecule has 1 aliphatic heterocycles. The number of hydrogen-bond acceptors (Lipinski definition) is 2. The Hall–Kier alpha value is -1.84. The van der Waals surface area contributed by atoms with Crippen LogP contribution in [0.5, 0.6) is 0 Å². The van der Waals surface area contributed by atoms with E-state index in [1.807, 2.05) is 6.92 Å². The summed E-state index contributed by atoms with van der Waals surface area (Å²) in [5.74, 6) is -1.07. The number of aromatic carboxylic acids is 1. The molecule has 0 radical (unpaired) electrons. The van der Waals surface area contributed by atoms with E-state index in [0.29, 0.717) is 18.7 Å². The lowest BCUT2D eigenvalue weighted by Gasteiger charge is -2.10. The van der Waals surface area contributed by atoms with Crippen LogP contribution in [0, 0.1) is 0 Å². The van der Waals surface area contributed by atoms with E-state index in [0.717, 1.165) is 5.56 Å². The molecule has 1 heterocycles. The number of benzene rings is 1. The normalized spacial score (nSPS) is 14.2. The van der Waals surface area contributed by atoms with Gasteiger partial charge in [-0.05, 0) is 24.6 Å². The van der Waals surface area contributed by atoms with Crippen LogP contribution in [0.3, 0.4) is 0 Å². The summed E-state index contributed by atoms with van der Waals surface area (Å²) >= 11 is 0. The molecule has 1 N–H and O–H groups in total. The molecule has 2 rings (SSSR count). The van der Waals surface area contributed by atoms with Crippen molar-refractivity contribution < 1.29 is 14.7 Å². The first-order chi connectivity index (χ1) is 7.13. The Balaban J connectivity index is 2.44. The highest BCUT2D eigenvalue weighted by molar-refractivity contribution is 6.00. The van der Waals surface area contributed by atoms with Crippen LogP contribution in [-0.4, -0.2) is 28.4 Å². The molecule has 1 aliphatic rings. The van der Waals surface area contributed by atoms with Gasteiger partial charge in [0.25, 0.3) is 5.91 Å². The first-order valence-electron chi connectivity index (χ1n) is 4.79. The fraction of sp³-hybridized carbons (Fsp3) is 0.273. The van der Waals surface area contributed by atoms with Crippen molar-refractivity contribution in [1.29, 1.82) is 0 Å². The Bertz CT molecular complexity index is 439. The molecule has 4 nitrogen and oxygen atoms in total. The van der Waals surface area contributed by atoms with Gasteiger partial charge in [-0.1, -0.05) is 6.07 Å². The Morgan fingerprint density at radius 3 is 2.87 bits per heavy atom. The van der Waals surface area contributed by atoms with Gasteiger partial charge in [0.05, 0.1) is 5.56 Å². The molecule has 15 heavy (non-hydrogen) atoms. The number of carbonyl (C=O) groups is 2. The van der Waals surface area contributed by atoms with Crippen LogP contribution in [0.25, 0.3) is 0 Å². The number of carbonyl (C=O) groups excluding carboxylic acids is 1. The van der Waals surface area contributed by atoms with Crippen LogP contribution >= 0.6 is 0 Å². The fourth-order valence-electron chi connectivity index (χ4n) is 1.75. The zero-order valence-electron chi connectivity index (χ0n) is 8.36. The van der Waals surface area contributed by atoms with Crippen LogP contribution in [-0.2, 0) is 6.54 Å². The average molecular weight is 205 g/mol. The Kier molecular flexibility index (Phi) is 2.19. The van der Waals surface area contributed by atoms with E-state index in [1.54, 1.807) is 11.0 Å². The number of amides is 1. The Morgan fingerprint density at radius 1 is 1.53 bits per heavy atom. The van der Waals surface area contributed by atoms with Crippen LogP contribution in [0.15, 0.2) is 18.2 Å². The summed E-state index contributed by atoms with van der Waals surface area (Å²) < 4.78 is 0. The lowest BCUT2D eigenvalue weighted by atomic mass is 10.1. The molecule has 0 fully saturated rings. The summed E-state index contributed by atoms with van der Waals surface area (Å²) in [7, 11) is 0. The predicted molar refractivity (Wildman–Crippen MR) is 53.8 cm³/mol. The maximum Gasteiger partial charge on any atom is 0.335 e. The van der Waals surface area contributed by atoms with Gasteiger partial charge in [-0.25, -0.2) is 4.79 Å². The fourth-order valence-corrected chi connectivity index (χ4v) is 1.75. The summed E-state index contributed by atoms with van der Waals surface area (Å²) in [6.07, 6.45) is 0. The van der Waals surface area contributed by atoms with Gasteiger partial charge in [-0.2, -0.15) is 0 Å². The quantitative estimate of drug-likeness (QED) is 0.793. The van der Waals surface area contributed by atoms with Gasteiger partial charge in [0.15, 0.2) is 0 Å². The van der Waals surface area contributed by atoms with Crippen molar-refractivity contribution in [3.63, 3.8) is 0 Å². The van der Waals surface area contributed by atoms with Crippen molar-refractivity contribution in [2.45, 2.75) is 13.5 Å². The minimum atomic E-state index is -0.999. The number of carboxylic acids is 1. The Morgan fingerprint density at radius 2 is 2.27 bits per heavy atom. The number of hydrogen-bond donors (Lipinski definition) is 1. The lowest BCUT2D eigenvalue weighted by molar-refractivity contribution is 0.0697. The van der Waals surface area contributed by atoms with E-state index in [4.69, 9.17) is 5.11 Å². The molecule has 0 aliphatic carbocycles. The molecule has 0 aromatic heterocycles. The molecule has 0 spiro atoms. The van der Waals surface area contributed by atoms with Gasteiger partial charge in [-0.3, -0.25) is 4.79 Å². The Labute approximate surface area is 87.1 Å². The summed E-state index contributed by atoms with van der Waals surface area (Å²) in [6.45, 7) is 3.14. The molecule has 0 saturated heterocycles. The van der Waals surface area contributed by atoms with Gasteiger partial charge >= 0.3 is 5.97 Å². The van der Waals surface area contributed by atoms with Gasteiger partial charge in [0.1, 0.15) is 0 Å². The number of nitrogens with zero attached hydrogens (tertiary/aromatic N) is 1. The molecular weight excluding hydrogens is 194 g/mol. The standard InChI is InChI=1S/C11H11NO3/c1-2-12-6-8-4-3-7(11(14)15)5-9(8)10(12)13/h3-5H,2,6H2,1H3,(H,14,15). The third-order valence-electron chi connectivity index (χ3n) is 2.62. The minimum absolute atomic E-state index is 0.0735. The van der Waals surface area contributed by atoms with Crippen molar-refractivity contribution in [3.8, 4) is 0 Å². The second kappa shape index (κ2) is 3.38. The topological polar surface area (TPSA) is 57.6 Å². The van der Waals surface area contributed by atoms with Crippen LogP contribution in [0.1, 0.15) is 33.2 Å². The number of fused-ring (bicyclic) bond motifs is 1. The summed E-state index contributed by atoms with van der Waals surface area (Å²) in [4.78, 5) is 24.2. The minimum Gasteiger partial charge on any atom is -0.478 e. The van der Waals surface area contributed by atoms with E-state index in [9.17, 15) is 9.59 Å². The second-order valence-electron chi connectivity index (χ2n) is 3.50. The molecule has 1 aromatic carbocycles. The monoisotopic (exact) mass is 205 g/mol. The average Bonchev–Trinajstić information content (AvgIpc) is 2.55. The van der Waals surface area contributed by atoms with Gasteiger partial charge < -0.3 is 10.0 Å². The molecule has 0 unspecified atom stereocenters. The van der Waals surface area contributed by atoms with Crippen LogP contribution in [0.2, 0.25) is 0 Å². The third kappa shape index (κ3) is 1.48. The molecule has 0 atom stereocenters. The molecule has 1 amide bonds. The summed E-state index contributed by atoms with van der Waals surface area (Å²) in [6, 6.07) is 4.70. The summed E-state index contributed by atoms with van der Waals surface area (Å²) in [5, 5.41) is 8.80. The van der Waals surface area contributed by atoms with Gasteiger partial charge in [-0.15, -0.1) is 0 Å². The van der Waals surface area contributed by atoms with E-state index in [2.05, 4.69) is 0 Å². The van der Waals surface area contributed by atoms with Gasteiger partial charge in [0, 0.05) is 18.7 Å². The zero-order chi connectivity index (χ0) is 11.0. The second-order valence-corrected chi connectivity index (χ2v) is 3.50. The van der Waals surface area contributed by atoms with Crippen molar-refractivity contribution in [1.82, 2.24) is 4.90 Å². The lowest BCUT2D eigenvalue weighted by Crippen LogP contribution is -2.23. The largest absolute Gasteiger partial charge is 0.478 e. The first-order valence-corrected chi connectivity index (χ1v) is 4.79. The highest BCUT2D eigenvalue weighted by Gasteiger charge is 2.26. The smallest absolute Gasteiger partial charge is 0.335 e. The molecular formula is C11H11NO3. The zero-order valence-corrected chi connectivity index (χ0v) is 8.36. The molecule has 0 bridgehead atoms. The highest BCUT2D eigenvalue weighted by Crippen LogP contribution is 2.23. The number of carboxylic acid groups (broad SMARTS) is 1. The maximum absolute atomic E-state index is 11.7. The van der Waals surface area contributed by atoms with E-state index in [-0.39, 0.29) is 11.5 Å². The van der Waals surface area contributed by atoms with Crippen molar-refractivity contribution >= 4 is 11.9 Å². The highest BCUT2D eigenvalue weighted by atomic mass is 16.4. The third-order valence-corrected chi connectivity index (χ3v) is 2.62. The maximum atomic E-state index is 11.7. The van der Waals surface area contributed by atoms with Crippen molar-refractivity contribution in [2.24, 2.45) is 0 Å². The molecule has 1 aromatic rings. The predicted octanol–water partition coefficient (Wildman–Crippen LogP) is 1.36. The molecule has 4 heteroatoms. The molecule has 0 saturated carbocycles. The first kappa shape index (κ1) is 9.71. The molecule has 78 valence electrons. The van der Waals surface area contributed by atoms with Crippen LogP contribution < -0.4 is 0 Å². The van der Waals surface area contributed by atoms with Gasteiger partial charge in [0.2, 0.25) is 0 Å². The summed E-state index contributed by atoms with van der Waals surface area (Å²) in [5.41, 5.74) is 1.60. The van der Waals surface area contributed by atoms with E-state index in [1.165, 1.54) is 12.1 Å². The number of rotatable bonds is 2. The van der Waals surface area contributed by atoms with E-state index < -0.39 is 5.97 Å². The van der Waals surface area contributed by atoms with Crippen LogP contribution in [0.4, 0.5) is 0 Å². The van der Waals surface area contributed by atoms with Crippen molar-refractivity contribution in [2.75, 3.05) is 6.54 Å². The van der Waals surface area contributed by atoms with Crippen molar-refractivity contribution in [3.05, 3.63) is 34.9 Å².